The molecule has 182 valence electrons. The number of carbonyl (C=O) groups excluding carboxylic acids is 1. The third-order valence-corrected chi connectivity index (χ3v) is 10.1. The maximum absolute atomic E-state index is 10.7. The van der Waals surface area contributed by atoms with Crippen LogP contribution >= 0.6 is 0 Å². The highest BCUT2D eigenvalue weighted by Crippen LogP contribution is 2.19. The summed E-state index contributed by atoms with van der Waals surface area (Å²) in [6.07, 6.45) is 1.90. The van der Waals surface area contributed by atoms with Gasteiger partial charge in [0.05, 0.1) is 0 Å². The molecule has 0 unspecified atom stereocenters. The van der Waals surface area contributed by atoms with Crippen molar-refractivity contribution in [1.82, 2.24) is 0 Å². The summed E-state index contributed by atoms with van der Waals surface area (Å²) in [5.41, 5.74) is 10.6. The van der Waals surface area contributed by atoms with Crippen LogP contribution in [0.3, 0.4) is 0 Å². The van der Waals surface area contributed by atoms with Crippen LogP contribution in [-0.4, -0.2) is 69.7 Å². The lowest BCUT2D eigenvalue weighted by Crippen LogP contribution is -2.46. The van der Waals surface area contributed by atoms with Gasteiger partial charge in [0.25, 0.3) is 0 Å². The van der Waals surface area contributed by atoms with Gasteiger partial charge in [0.1, 0.15) is 0 Å². The van der Waals surface area contributed by atoms with Crippen molar-refractivity contribution in [2.45, 2.75) is 72.9 Å². The van der Waals surface area contributed by atoms with Gasteiger partial charge >= 0.3 is 17.6 Å². The van der Waals surface area contributed by atoms with Gasteiger partial charge in [0.2, 0.25) is 5.91 Å². The molecule has 0 aromatic carbocycles. The topological polar surface area (TPSA) is 124 Å². The molecule has 0 heterocycles. The molecule has 4 N–H and O–H groups in total. The first-order valence-corrected chi connectivity index (χ1v) is 15.0. The minimum Gasteiger partial charge on any atom is -0.374 e. The summed E-state index contributed by atoms with van der Waals surface area (Å²) in [5.74, 6) is -0.299. The fourth-order valence-corrected chi connectivity index (χ4v) is 8.05. The van der Waals surface area contributed by atoms with Gasteiger partial charge in [-0.05, 0) is 60.9 Å². The van der Waals surface area contributed by atoms with E-state index in [9.17, 15) is 4.79 Å². The average Bonchev–Trinajstić information content (AvgIpc) is 2.68. The Labute approximate surface area is 185 Å². The lowest BCUT2D eigenvalue weighted by molar-refractivity contribution is -0.118. The molecule has 1 amide bonds. The van der Waals surface area contributed by atoms with Gasteiger partial charge in [-0.25, -0.2) is 0 Å². The summed E-state index contributed by atoms with van der Waals surface area (Å²) in [4.78, 5) is 10.7. The maximum atomic E-state index is 10.7. The van der Waals surface area contributed by atoms with Crippen molar-refractivity contribution in [2.24, 2.45) is 11.5 Å². The van der Waals surface area contributed by atoms with Crippen LogP contribution in [-0.2, 0) is 31.4 Å². The summed E-state index contributed by atoms with van der Waals surface area (Å²) >= 11 is 0. The number of hydrogen-bond acceptors (Lipinski definition) is 8. The Hall–Kier alpha value is -0.376. The molecule has 30 heavy (non-hydrogen) atoms. The normalized spacial score (nSPS) is 11.8. The predicted molar refractivity (Wildman–Crippen MR) is 123 cm³/mol. The maximum Gasteiger partial charge on any atom is 0.500 e. The molecule has 0 bridgehead atoms. The summed E-state index contributed by atoms with van der Waals surface area (Å²) in [6.45, 7) is 15.9. The molecule has 9 nitrogen and oxygen atoms in total. The second-order valence-corrected chi connectivity index (χ2v) is 11.6. The van der Waals surface area contributed by atoms with Crippen molar-refractivity contribution >= 4 is 23.5 Å². The van der Waals surface area contributed by atoms with E-state index in [-0.39, 0.29) is 5.91 Å². The number of carbonyl (C=O) groups is 1. The van der Waals surface area contributed by atoms with Gasteiger partial charge in [-0.2, -0.15) is 0 Å². The molecule has 0 radical (unpaired) electrons. The van der Waals surface area contributed by atoms with Gasteiger partial charge in [-0.15, -0.1) is 0 Å². The van der Waals surface area contributed by atoms with Gasteiger partial charge in [0.15, 0.2) is 0 Å². The second kappa shape index (κ2) is 20.5. The Bertz CT molecular complexity index is 373. The Morgan fingerprint density at radius 1 is 0.633 bits per heavy atom. The Kier molecular flexibility index (Phi) is 21.8. The van der Waals surface area contributed by atoms with Crippen LogP contribution in [0, 0.1) is 0 Å². The van der Waals surface area contributed by atoms with E-state index in [1.54, 1.807) is 0 Å². The molecule has 0 spiro atoms. The summed E-state index contributed by atoms with van der Waals surface area (Å²) in [7, 11) is -4.97. The van der Waals surface area contributed by atoms with E-state index in [4.69, 9.17) is 38.0 Å². The summed E-state index contributed by atoms with van der Waals surface area (Å²) in [5, 5.41) is 0. The minimum absolute atomic E-state index is 0.299. The molecule has 11 heteroatoms. The highest BCUT2D eigenvalue weighted by molar-refractivity contribution is 6.61. The first kappa shape index (κ1) is 31.8. The van der Waals surface area contributed by atoms with Crippen molar-refractivity contribution in [3.63, 3.8) is 0 Å². The highest BCUT2D eigenvalue weighted by atomic mass is 28.4. The monoisotopic (exact) mass is 470 g/mol. The van der Waals surface area contributed by atoms with Gasteiger partial charge in [0, 0.05) is 58.2 Å². The van der Waals surface area contributed by atoms with Crippen LogP contribution in [0.1, 0.15) is 60.8 Å². The molecule has 0 fully saturated rings. The van der Waals surface area contributed by atoms with E-state index in [0.29, 0.717) is 65.1 Å². The number of rotatable bonds is 19. The first-order valence-electron chi connectivity index (χ1n) is 11.2. The Morgan fingerprint density at radius 3 is 1.17 bits per heavy atom. The van der Waals surface area contributed by atoms with Gasteiger partial charge in [-0.1, -0.05) is 0 Å². The average molecular weight is 471 g/mol. The SMILES string of the molecule is CCO[Si](CCCC(N)=O)(OCC)OCC.CCO[Si](CCCN)(OCC)OCC. The molecule has 0 saturated heterocycles. The standard InChI is InChI=1S/C10H23NO4Si.C9H23NO3Si/c1-4-13-16(14-5-2,15-6-3)9-7-8-10(11)12;1-4-11-14(12-5-2,13-6-3)9-7-8-10/h4-9H2,1-3H3,(H2,11,12);4-10H2,1-3H3. The van der Waals surface area contributed by atoms with Crippen LogP contribution in [0.25, 0.3) is 0 Å². The van der Waals surface area contributed by atoms with E-state index in [1.165, 1.54) is 0 Å². The highest BCUT2D eigenvalue weighted by Gasteiger charge is 2.40. The van der Waals surface area contributed by atoms with E-state index < -0.39 is 17.6 Å². The van der Waals surface area contributed by atoms with Crippen molar-refractivity contribution in [1.29, 1.82) is 0 Å². The van der Waals surface area contributed by atoms with Crippen molar-refractivity contribution in [3.05, 3.63) is 0 Å². The third-order valence-electron chi connectivity index (χ3n) is 3.78. The van der Waals surface area contributed by atoms with Crippen LogP contribution in [0.2, 0.25) is 12.1 Å². The van der Waals surface area contributed by atoms with E-state index in [0.717, 1.165) is 12.5 Å². The van der Waals surface area contributed by atoms with Crippen LogP contribution < -0.4 is 11.5 Å². The lowest BCUT2D eigenvalue weighted by Gasteiger charge is -2.28. The molecule has 0 aliphatic carbocycles. The Balaban J connectivity index is 0. The van der Waals surface area contributed by atoms with Crippen LogP contribution in [0.5, 0.6) is 0 Å². The second-order valence-electron chi connectivity index (χ2n) is 6.18. The largest absolute Gasteiger partial charge is 0.500 e. The molecule has 0 aliphatic rings. The zero-order valence-corrected chi connectivity index (χ0v) is 22.0. The summed E-state index contributed by atoms with van der Waals surface area (Å²) in [6, 6.07) is 1.46. The number of amides is 1. The van der Waals surface area contributed by atoms with Crippen LogP contribution in [0.4, 0.5) is 0 Å². The predicted octanol–water partition coefficient (Wildman–Crippen LogP) is 2.68. The molecule has 0 aromatic heterocycles. The number of primary amides is 1. The zero-order valence-electron chi connectivity index (χ0n) is 20.0. The lowest BCUT2D eigenvalue weighted by atomic mass is 10.3. The minimum atomic E-state index is -2.57. The molecule has 0 saturated carbocycles. The van der Waals surface area contributed by atoms with Crippen LogP contribution in [0.15, 0.2) is 0 Å². The van der Waals surface area contributed by atoms with E-state index >= 15 is 0 Å². The molecular formula is C19H46N2O7Si2. The fourth-order valence-electron chi connectivity index (χ4n) is 2.80. The smallest absolute Gasteiger partial charge is 0.374 e. The van der Waals surface area contributed by atoms with Crippen molar-refractivity contribution < 1.29 is 31.4 Å². The number of hydrogen-bond donors (Lipinski definition) is 2. The van der Waals surface area contributed by atoms with E-state index in [2.05, 4.69) is 0 Å². The molecule has 0 rings (SSSR count). The first-order chi connectivity index (χ1) is 14.3. The third kappa shape index (κ3) is 15.4. The fraction of sp³-hybridized carbons (Fsp3) is 0.947. The quantitative estimate of drug-likeness (QED) is 0.276. The zero-order chi connectivity index (χ0) is 23.3. The molecule has 0 atom stereocenters. The Morgan fingerprint density at radius 2 is 0.933 bits per heavy atom. The van der Waals surface area contributed by atoms with Crippen molar-refractivity contribution in [2.75, 3.05) is 46.2 Å². The molecule has 0 aromatic rings. The summed E-state index contributed by atoms with van der Waals surface area (Å²) < 4.78 is 33.9. The van der Waals surface area contributed by atoms with E-state index in [1.807, 2.05) is 41.5 Å². The van der Waals surface area contributed by atoms with Gasteiger partial charge < -0.3 is 38.0 Å². The van der Waals surface area contributed by atoms with Crippen molar-refractivity contribution in [3.8, 4) is 0 Å². The van der Waals surface area contributed by atoms with Gasteiger partial charge in [-0.3, -0.25) is 4.79 Å². The molecule has 0 aliphatic heterocycles. The molecular weight excluding hydrogens is 424 g/mol. The number of nitrogens with two attached hydrogens (primary N) is 2.